The maximum absolute atomic E-state index is 11.7. The lowest BCUT2D eigenvalue weighted by molar-refractivity contribution is -0.162. The van der Waals surface area contributed by atoms with Gasteiger partial charge in [0.1, 0.15) is 11.3 Å². The van der Waals surface area contributed by atoms with Crippen LogP contribution in [0, 0.1) is 11.3 Å². The molecule has 0 aromatic heterocycles. The Morgan fingerprint density at radius 3 is 2.71 bits per heavy atom. The van der Waals surface area contributed by atoms with Gasteiger partial charge in [0.15, 0.2) is 0 Å². The van der Waals surface area contributed by atoms with Crippen molar-refractivity contribution in [1.82, 2.24) is 0 Å². The number of esters is 2. The van der Waals surface area contributed by atoms with Gasteiger partial charge in [-0.05, 0) is 26.7 Å². The van der Waals surface area contributed by atoms with Gasteiger partial charge in [-0.25, -0.2) is 0 Å². The van der Waals surface area contributed by atoms with E-state index in [2.05, 4.69) is 0 Å². The molecule has 0 aromatic carbocycles. The highest BCUT2D eigenvalue weighted by Crippen LogP contribution is 2.61. The fourth-order valence-electron chi connectivity index (χ4n) is 3.18. The Balaban J connectivity index is 2.18. The number of carbonyl (C=O) groups excluding carboxylic acids is 2. The third-order valence-electron chi connectivity index (χ3n) is 4.28. The Morgan fingerprint density at radius 1 is 1.36 bits per heavy atom. The van der Waals surface area contributed by atoms with Crippen molar-refractivity contribution in [2.75, 3.05) is 0 Å². The molecule has 0 saturated carbocycles. The van der Waals surface area contributed by atoms with Crippen molar-refractivity contribution < 1.29 is 19.1 Å². The van der Waals surface area contributed by atoms with Crippen LogP contribution in [0.1, 0.15) is 26.7 Å². The van der Waals surface area contributed by atoms with Gasteiger partial charge in [-0.2, -0.15) is 0 Å². The first kappa shape index (κ1) is 8.41. The third kappa shape index (κ3) is 0.610. The summed E-state index contributed by atoms with van der Waals surface area (Å²) < 4.78 is 10.5. The van der Waals surface area contributed by atoms with E-state index in [0.29, 0.717) is 0 Å². The average Bonchev–Trinajstić information content (AvgIpc) is 2.63. The molecular weight excluding hydrogens is 184 g/mol. The number of hydrogen-bond acceptors (Lipinski definition) is 4. The lowest BCUT2D eigenvalue weighted by atomic mass is 9.62. The van der Waals surface area contributed by atoms with Gasteiger partial charge in [0.2, 0.25) is 0 Å². The van der Waals surface area contributed by atoms with Crippen molar-refractivity contribution in [3.63, 3.8) is 0 Å². The molecular formula is C10H12O4. The van der Waals surface area contributed by atoms with Crippen LogP contribution in [0.15, 0.2) is 0 Å². The second-order valence-corrected chi connectivity index (χ2v) is 4.81. The summed E-state index contributed by atoms with van der Waals surface area (Å²) in [5.74, 6) is -1.17. The predicted octanol–water partition coefficient (Wildman–Crippen LogP) is 0.644. The maximum Gasteiger partial charge on any atom is 0.323 e. The number of ether oxygens (including phenoxy) is 2. The monoisotopic (exact) mass is 196 g/mol. The van der Waals surface area contributed by atoms with Crippen LogP contribution in [0.3, 0.4) is 0 Å². The van der Waals surface area contributed by atoms with E-state index in [-0.39, 0.29) is 12.0 Å². The highest BCUT2D eigenvalue weighted by Gasteiger charge is 2.74. The number of hydrogen-bond donors (Lipinski definition) is 0. The van der Waals surface area contributed by atoms with Crippen LogP contribution in [0.25, 0.3) is 0 Å². The fourth-order valence-corrected chi connectivity index (χ4v) is 3.18. The first-order chi connectivity index (χ1) is 6.49. The summed E-state index contributed by atoms with van der Waals surface area (Å²) in [6, 6.07) is 0. The van der Waals surface area contributed by atoms with Gasteiger partial charge in [-0.1, -0.05) is 0 Å². The van der Waals surface area contributed by atoms with E-state index in [1.54, 1.807) is 6.92 Å². The Bertz CT molecular complexity index is 350. The maximum atomic E-state index is 11.7. The molecule has 3 aliphatic heterocycles. The van der Waals surface area contributed by atoms with Gasteiger partial charge in [0.25, 0.3) is 0 Å². The molecule has 0 N–H and O–H groups in total. The first-order valence-corrected chi connectivity index (χ1v) is 4.93. The van der Waals surface area contributed by atoms with Crippen LogP contribution in [0.2, 0.25) is 0 Å². The molecule has 3 saturated heterocycles. The van der Waals surface area contributed by atoms with Crippen LogP contribution in [-0.4, -0.2) is 23.6 Å². The molecule has 4 heteroatoms. The van der Waals surface area contributed by atoms with Gasteiger partial charge in [-0.3, -0.25) is 9.59 Å². The van der Waals surface area contributed by atoms with Gasteiger partial charge in [0, 0.05) is 0 Å². The topological polar surface area (TPSA) is 52.6 Å². The van der Waals surface area contributed by atoms with Gasteiger partial charge in [-0.15, -0.1) is 0 Å². The van der Waals surface area contributed by atoms with Crippen LogP contribution in [0.4, 0.5) is 0 Å². The molecule has 2 bridgehead atoms. The van der Waals surface area contributed by atoms with Gasteiger partial charge in [0.05, 0.1) is 11.7 Å². The zero-order valence-electron chi connectivity index (χ0n) is 8.20. The summed E-state index contributed by atoms with van der Waals surface area (Å²) in [5, 5.41) is 0. The number of rotatable bonds is 0. The smallest absolute Gasteiger partial charge is 0.323 e. The highest BCUT2D eigenvalue weighted by molar-refractivity contribution is 6.01. The minimum atomic E-state index is -0.743. The Hall–Kier alpha value is -0.900. The number of fused-ring (bicyclic) bond motifs is 5. The van der Waals surface area contributed by atoms with Crippen LogP contribution in [0.5, 0.6) is 0 Å². The fraction of sp³-hybridized carbons (Fsp3) is 0.800. The van der Waals surface area contributed by atoms with E-state index in [4.69, 9.17) is 9.47 Å². The summed E-state index contributed by atoms with van der Waals surface area (Å²) in [7, 11) is 0. The molecule has 0 amide bonds. The highest BCUT2D eigenvalue weighted by atomic mass is 16.6. The zero-order valence-corrected chi connectivity index (χ0v) is 8.20. The van der Waals surface area contributed by atoms with Crippen molar-refractivity contribution in [1.29, 1.82) is 0 Å². The van der Waals surface area contributed by atoms with Gasteiger partial charge >= 0.3 is 11.9 Å². The van der Waals surface area contributed by atoms with Crippen molar-refractivity contribution in [3.05, 3.63) is 0 Å². The molecule has 0 unspecified atom stereocenters. The molecule has 14 heavy (non-hydrogen) atoms. The van der Waals surface area contributed by atoms with Crippen LogP contribution in [-0.2, 0) is 19.1 Å². The lowest BCUT2D eigenvalue weighted by Crippen LogP contribution is -2.47. The van der Waals surface area contributed by atoms with Crippen LogP contribution >= 0.6 is 0 Å². The van der Waals surface area contributed by atoms with E-state index in [1.807, 2.05) is 6.92 Å². The third-order valence-corrected chi connectivity index (χ3v) is 4.28. The first-order valence-electron chi connectivity index (χ1n) is 4.93. The largest absolute Gasteiger partial charge is 0.392 e. The van der Waals surface area contributed by atoms with Crippen molar-refractivity contribution in [3.8, 4) is 0 Å². The van der Waals surface area contributed by atoms with E-state index in [9.17, 15) is 9.59 Å². The Labute approximate surface area is 81.6 Å². The summed E-state index contributed by atoms with van der Waals surface area (Å²) in [4.78, 5) is 23.1. The quantitative estimate of drug-likeness (QED) is 0.421. The molecule has 4 nitrogen and oxygen atoms in total. The summed E-state index contributed by atoms with van der Waals surface area (Å²) >= 11 is 0. The minimum absolute atomic E-state index is 0.107. The van der Waals surface area contributed by atoms with E-state index in [0.717, 1.165) is 12.8 Å². The average molecular weight is 196 g/mol. The SMILES string of the molecule is C[C@@]12CC[C@@H](O1)[C@H]1C(=O)OC(=O)[C@]12C. The second-order valence-electron chi connectivity index (χ2n) is 4.81. The molecule has 0 radical (unpaired) electrons. The Morgan fingerprint density at radius 2 is 2.07 bits per heavy atom. The molecule has 0 aromatic rings. The molecule has 3 aliphatic rings. The second kappa shape index (κ2) is 2.03. The van der Waals surface area contributed by atoms with E-state index >= 15 is 0 Å². The molecule has 4 atom stereocenters. The number of carbonyl (C=O) groups is 2. The normalized spacial score (nSPS) is 55.0. The molecule has 3 rings (SSSR count). The van der Waals surface area contributed by atoms with Crippen molar-refractivity contribution >= 4 is 11.9 Å². The zero-order chi connectivity index (χ0) is 10.1. The standard InChI is InChI=1S/C10H12O4/c1-9-4-3-5(14-9)6-7(11)13-8(12)10(6,9)2/h5-6H,3-4H2,1-2H3/t5-,6+,9+,10+/m1/s1. The lowest BCUT2D eigenvalue weighted by Gasteiger charge is -2.34. The molecule has 0 spiro atoms. The van der Waals surface area contributed by atoms with Gasteiger partial charge < -0.3 is 9.47 Å². The van der Waals surface area contributed by atoms with E-state index in [1.165, 1.54) is 0 Å². The van der Waals surface area contributed by atoms with Crippen molar-refractivity contribution in [2.24, 2.45) is 11.3 Å². The molecule has 0 aliphatic carbocycles. The summed E-state index contributed by atoms with van der Waals surface area (Å²) in [6.45, 7) is 3.71. The molecule has 3 heterocycles. The summed E-state index contributed by atoms with van der Waals surface area (Å²) in [6.07, 6.45) is 1.59. The summed E-state index contributed by atoms with van der Waals surface area (Å²) in [5.41, 5.74) is -1.24. The molecule has 76 valence electrons. The Kier molecular flexibility index (Phi) is 1.22. The van der Waals surface area contributed by atoms with Crippen molar-refractivity contribution in [2.45, 2.75) is 38.4 Å². The molecule has 3 fully saturated rings. The van der Waals surface area contributed by atoms with E-state index < -0.39 is 23.0 Å². The predicted molar refractivity (Wildman–Crippen MR) is 45.2 cm³/mol. The van der Waals surface area contributed by atoms with Crippen LogP contribution < -0.4 is 0 Å². The number of cyclic esters (lactones) is 2. The minimum Gasteiger partial charge on any atom is -0.392 e.